The van der Waals surface area contributed by atoms with E-state index in [0.717, 1.165) is 28.8 Å². The predicted molar refractivity (Wildman–Crippen MR) is 130 cm³/mol. The summed E-state index contributed by atoms with van der Waals surface area (Å²) in [6, 6.07) is 11.7. The van der Waals surface area contributed by atoms with Gasteiger partial charge in [0, 0.05) is 30.8 Å². The highest BCUT2D eigenvalue weighted by molar-refractivity contribution is 5.96. The number of carbonyl (C=O) groups excluding carboxylic acids is 1. The monoisotopic (exact) mass is 457 g/mol. The van der Waals surface area contributed by atoms with Gasteiger partial charge in [0.25, 0.3) is 5.56 Å². The zero-order chi connectivity index (χ0) is 24.0. The third-order valence-electron chi connectivity index (χ3n) is 6.53. The Labute approximate surface area is 197 Å². The van der Waals surface area contributed by atoms with Gasteiger partial charge in [-0.15, -0.1) is 0 Å². The summed E-state index contributed by atoms with van der Waals surface area (Å²) >= 11 is 0. The fourth-order valence-electron chi connectivity index (χ4n) is 4.49. The van der Waals surface area contributed by atoms with Crippen LogP contribution in [0.5, 0.6) is 0 Å². The Hall–Kier alpha value is -3.81. The van der Waals surface area contributed by atoms with E-state index in [2.05, 4.69) is 22.0 Å². The van der Waals surface area contributed by atoms with Crippen LogP contribution in [0.2, 0.25) is 0 Å². The number of hydrogen-bond donors (Lipinski definition) is 0. The van der Waals surface area contributed by atoms with Crippen molar-refractivity contribution in [2.24, 2.45) is 0 Å². The van der Waals surface area contributed by atoms with Crippen LogP contribution in [0.4, 0.5) is 5.69 Å². The zero-order valence-electron chi connectivity index (χ0n) is 19.8. The minimum absolute atomic E-state index is 0.0484. The molecule has 2 aromatic carbocycles. The van der Waals surface area contributed by atoms with Crippen LogP contribution < -0.4 is 10.5 Å². The lowest BCUT2D eigenvalue weighted by Crippen LogP contribution is -2.24. The maximum atomic E-state index is 12.7. The minimum Gasteiger partial charge on any atom is -0.339 e. The largest absolute Gasteiger partial charge is 0.339 e. The van der Waals surface area contributed by atoms with E-state index in [9.17, 15) is 9.59 Å². The molecule has 4 aromatic rings. The van der Waals surface area contributed by atoms with Crippen LogP contribution in [-0.2, 0) is 11.3 Å². The number of carbonyl (C=O) groups is 1. The summed E-state index contributed by atoms with van der Waals surface area (Å²) < 4.78 is 7.34. The molecule has 3 heterocycles. The van der Waals surface area contributed by atoms with Crippen LogP contribution in [0.15, 0.2) is 45.7 Å². The lowest BCUT2D eigenvalue weighted by Gasteiger charge is -2.17. The molecule has 34 heavy (non-hydrogen) atoms. The summed E-state index contributed by atoms with van der Waals surface area (Å²) in [6.45, 7) is 9.01. The molecule has 0 N–H and O–H groups in total. The van der Waals surface area contributed by atoms with Crippen molar-refractivity contribution in [2.45, 2.75) is 53.0 Å². The van der Waals surface area contributed by atoms with Crippen molar-refractivity contribution in [1.82, 2.24) is 19.7 Å². The minimum atomic E-state index is -0.161. The van der Waals surface area contributed by atoms with Crippen molar-refractivity contribution in [1.29, 1.82) is 0 Å². The summed E-state index contributed by atoms with van der Waals surface area (Å²) in [4.78, 5) is 36.1. The quantitative estimate of drug-likeness (QED) is 0.443. The molecule has 0 spiro atoms. The molecule has 0 radical (unpaired) electrons. The third kappa shape index (κ3) is 3.79. The Morgan fingerprint density at radius 2 is 1.85 bits per heavy atom. The fourth-order valence-corrected chi connectivity index (χ4v) is 4.49. The van der Waals surface area contributed by atoms with Gasteiger partial charge in [0.05, 0.1) is 17.0 Å². The second kappa shape index (κ2) is 8.52. The Bertz CT molecular complexity index is 1470. The van der Waals surface area contributed by atoms with Gasteiger partial charge >= 0.3 is 0 Å². The smallest absolute Gasteiger partial charge is 0.272 e. The highest BCUT2D eigenvalue weighted by atomic mass is 16.5. The second-order valence-electron chi connectivity index (χ2n) is 8.99. The molecular formula is C26H27N5O3. The number of anilines is 1. The molecule has 1 unspecified atom stereocenters. The van der Waals surface area contributed by atoms with E-state index in [4.69, 9.17) is 4.52 Å². The summed E-state index contributed by atoms with van der Waals surface area (Å²) in [7, 11) is 0. The van der Waals surface area contributed by atoms with Crippen LogP contribution in [-0.4, -0.2) is 32.1 Å². The summed E-state index contributed by atoms with van der Waals surface area (Å²) in [5.74, 6) is 0.787. The molecule has 174 valence electrons. The summed E-state index contributed by atoms with van der Waals surface area (Å²) in [5.41, 5.74) is 5.89. The number of rotatable bonds is 5. The van der Waals surface area contributed by atoms with E-state index < -0.39 is 0 Å². The molecule has 1 aliphatic rings. The van der Waals surface area contributed by atoms with E-state index in [1.54, 1.807) is 16.4 Å². The number of nitrogens with zero attached hydrogens (tertiary/aromatic N) is 5. The van der Waals surface area contributed by atoms with Gasteiger partial charge in [-0.1, -0.05) is 18.1 Å². The maximum absolute atomic E-state index is 12.7. The molecule has 8 heteroatoms. The molecule has 1 amide bonds. The SMILES string of the molecule is CCCn1c(=O)c(C)nc2cc(-c3noc(C4CC(=O)N(c5ccc(C)c(C)c5)C4)n3)ccc21. The molecule has 0 bridgehead atoms. The van der Waals surface area contributed by atoms with Crippen LogP contribution in [0.1, 0.15) is 48.4 Å². The van der Waals surface area contributed by atoms with Gasteiger partial charge in [0.2, 0.25) is 17.6 Å². The van der Waals surface area contributed by atoms with E-state index in [-0.39, 0.29) is 17.4 Å². The standard InChI is InChI=1S/C26H27N5O3/c1-5-10-30-22-9-7-18(12-21(22)27-17(4)26(30)33)24-28-25(34-29-24)19-13-23(32)31(14-19)20-8-6-15(2)16(3)11-20/h6-9,11-12,19H,5,10,13-14H2,1-4H3. The number of aryl methyl sites for hydroxylation is 4. The Balaban J connectivity index is 1.42. The topological polar surface area (TPSA) is 94.1 Å². The number of hydrogen-bond acceptors (Lipinski definition) is 6. The van der Waals surface area contributed by atoms with Gasteiger partial charge in [0.1, 0.15) is 5.69 Å². The van der Waals surface area contributed by atoms with Gasteiger partial charge in [0.15, 0.2) is 0 Å². The molecule has 5 rings (SSSR count). The van der Waals surface area contributed by atoms with Crippen LogP contribution in [0.3, 0.4) is 0 Å². The summed E-state index contributed by atoms with van der Waals surface area (Å²) in [6.07, 6.45) is 1.18. The first kappa shape index (κ1) is 22.0. The van der Waals surface area contributed by atoms with Crippen molar-refractivity contribution in [2.75, 3.05) is 11.4 Å². The predicted octanol–water partition coefficient (Wildman–Crippen LogP) is 4.30. The molecule has 1 saturated heterocycles. The molecule has 0 aliphatic carbocycles. The number of aromatic nitrogens is 4. The first-order valence-electron chi connectivity index (χ1n) is 11.6. The van der Waals surface area contributed by atoms with Crippen molar-refractivity contribution in [3.63, 3.8) is 0 Å². The van der Waals surface area contributed by atoms with Gasteiger partial charge in [-0.25, -0.2) is 4.98 Å². The highest BCUT2D eigenvalue weighted by Gasteiger charge is 2.35. The summed E-state index contributed by atoms with van der Waals surface area (Å²) in [5, 5.41) is 4.17. The van der Waals surface area contributed by atoms with Gasteiger partial charge in [-0.3, -0.25) is 9.59 Å². The van der Waals surface area contributed by atoms with E-state index in [0.29, 0.717) is 42.4 Å². The molecule has 1 fully saturated rings. The first-order chi connectivity index (χ1) is 16.4. The average molecular weight is 458 g/mol. The molecule has 1 atom stereocenters. The highest BCUT2D eigenvalue weighted by Crippen LogP contribution is 2.33. The van der Waals surface area contributed by atoms with Crippen molar-refractivity contribution in [3.05, 3.63) is 69.5 Å². The lowest BCUT2D eigenvalue weighted by atomic mass is 10.1. The third-order valence-corrected chi connectivity index (χ3v) is 6.53. The molecular weight excluding hydrogens is 430 g/mol. The zero-order valence-corrected chi connectivity index (χ0v) is 19.8. The van der Waals surface area contributed by atoms with Crippen LogP contribution in [0, 0.1) is 20.8 Å². The van der Waals surface area contributed by atoms with Crippen molar-refractivity contribution >= 4 is 22.6 Å². The number of amides is 1. The molecule has 8 nitrogen and oxygen atoms in total. The fraction of sp³-hybridized carbons (Fsp3) is 0.346. The van der Waals surface area contributed by atoms with E-state index in [1.165, 1.54) is 5.56 Å². The van der Waals surface area contributed by atoms with Crippen molar-refractivity contribution < 1.29 is 9.32 Å². The normalized spacial score (nSPS) is 16.1. The van der Waals surface area contributed by atoms with Crippen molar-refractivity contribution in [3.8, 4) is 11.4 Å². The van der Waals surface area contributed by atoms with E-state index in [1.807, 2.05) is 50.2 Å². The van der Waals surface area contributed by atoms with Gasteiger partial charge in [-0.2, -0.15) is 4.98 Å². The molecule has 2 aromatic heterocycles. The van der Waals surface area contributed by atoms with Gasteiger partial charge < -0.3 is 14.0 Å². The maximum Gasteiger partial charge on any atom is 0.272 e. The molecule has 1 aliphatic heterocycles. The Morgan fingerprint density at radius 3 is 2.62 bits per heavy atom. The average Bonchev–Trinajstić information content (AvgIpc) is 3.45. The van der Waals surface area contributed by atoms with Crippen LogP contribution in [0.25, 0.3) is 22.4 Å². The Kier molecular flexibility index (Phi) is 5.51. The number of fused-ring (bicyclic) bond motifs is 1. The lowest BCUT2D eigenvalue weighted by molar-refractivity contribution is -0.117. The van der Waals surface area contributed by atoms with Gasteiger partial charge in [-0.05, 0) is 68.7 Å². The molecule has 0 saturated carbocycles. The van der Waals surface area contributed by atoms with E-state index >= 15 is 0 Å². The Morgan fingerprint density at radius 1 is 1.03 bits per heavy atom. The van der Waals surface area contributed by atoms with Crippen LogP contribution >= 0.6 is 0 Å². The second-order valence-corrected chi connectivity index (χ2v) is 8.99. The first-order valence-corrected chi connectivity index (χ1v) is 11.6. The number of benzene rings is 2.